The molecule has 0 bridgehead atoms. The zero-order valence-electron chi connectivity index (χ0n) is 8.08. The molecule has 0 spiro atoms. The summed E-state index contributed by atoms with van der Waals surface area (Å²) in [6, 6.07) is 0.499. The fourth-order valence-corrected chi connectivity index (χ4v) is 1.48. The van der Waals surface area contributed by atoms with Crippen LogP contribution in [0, 0.1) is 0 Å². The van der Waals surface area contributed by atoms with Crippen LogP contribution >= 0.6 is 0 Å². The molecule has 2 heteroatoms. The second-order valence-corrected chi connectivity index (χ2v) is 3.46. The highest BCUT2D eigenvalue weighted by molar-refractivity contribution is 5.15. The predicted molar refractivity (Wildman–Crippen MR) is 58.2 cm³/mol. The molecule has 0 aromatic heterocycles. The van der Waals surface area contributed by atoms with Crippen LogP contribution in [-0.2, 0) is 0 Å². The standard InChI is InChI=1S/C12H14N2/c1-3-7-11(8-4-1)13-14-12-9-5-2-6-10-12/h1-7,9,11-12H,8,10H2. The van der Waals surface area contributed by atoms with Gasteiger partial charge in [-0.05, 0) is 12.8 Å². The maximum absolute atomic E-state index is 4.31. The zero-order chi connectivity index (χ0) is 9.64. The Balaban J connectivity index is 1.87. The van der Waals surface area contributed by atoms with Crippen LogP contribution in [0.5, 0.6) is 0 Å². The first-order chi connectivity index (χ1) is 6.95. The van der Waals surface area contributed by atoms with E-state index in [9.17, 15) is 0 Å². The fourth-order valence-electron chi connectivity index (χ4n) is 1.48. The largest absolute Gasteiger partial charge is 0.186 e. The highest BCUT2D eigenvalue weighted by atomic mass is 15.1. The first-order valence-electron chi connectivity index (χ1n) is 5.02. The minimum absolute atomic E-state index is 0.249. The second kappa shape index (κ2) is 4.70. The van der Waals surface area contributed by atoms with Gasteiger partial charge in [0.15, 0.2) is 0 Å². The maximum atomic E-state index is 4.31. The van der Waals surface area contributed by atoms with Gasteiger partial charge in [0, 0.05) is 0 Å². The monoisotopic (exact) mass is 186 g/mol. The van der Waals surface area contributed by atoms with Gasteiger partial charge in [-0.15, -0.1) is 0 Å². The molecule has 2 aliphatic rings. The fraction of sp³-hybridized carbons (Fsp3) is 0.333. The van der Waals surface area contributed by atoms with Crippen LogP contribution < -0.4 is 0 Å². The first-order valence-corrected chi connectivity index (χ1v) is 5.02. The van der Waals surface area contributed by atoms with Crippen molar-refractivity contribution in [3.63, 3.8) is 0 Å². The maximum Gasteiger partial charge on any atom is 0.0926 e. The van der Waals surface area contributed by atoms with Crippen LogP contribution in [0.25, 0.3) is 0 Å². The Kier molecular flexibility index (Phi) is 3.06. The van der Waals surface area contributed by atoms with E-state index in [0.717, 1.165) is 12.8 Å². The van der Waals surface area contributed by atoms with Gasteiger partial charge in [0.05, 0.1) is 12.1 Å². The van der Waals surface area contributed by atoms with Crippen LogP contribution in [0.3, 0.4) is 0 Å². The molecule has 2 unspecified atom stereocenters. The van der Waals surface area contributed by atoms with Crippen molar-refractivity contribution in [2.45, 2.75) is 24.9 Å². The molecule has 0 aromatic carbocycles. The number of hydrogen-bond donors (Lipinski definition) is 0. The Morgan fingerprint density at radius 1 is 0.714 bits per heavy atom. The van der Waals surface area contributed by atoms with Gasteiger partial charge in [0.25, 0.3) is 0 Å². The van der Waals surface area contributed by atoms with Crippen LogP contribution in [0.15, 0.2) is 58.8 Å². The van der Waals surface area contributed by atoms with Crippen LogP contribution in [0.2, 0.25) is 0 Å². The normalized spacial score (nSPS) is 30.3. The van der Waals surface area contributed by atoms with E-state index in [1.54, 1.807) is 0 Å². The summed E-state index contributed by atoms with van der Waals surface area (Å²) in [6.07, 6.45) is 18.6. The Morgan fingerprint density at radius 3 is 1.57 bits per heavy atom. The molecule has 0 radical (unpaired) electrons. The van der Waals surface area contributed by atoms with Crippen molar-refractivity contribution < 1.29 is 0 Å². The topological polar surface area (TPSA) is 24.7 Å². The second-order valence-electron chi connectivity index (χ2n) is 3.46. The summed E-state index contributed by atoms with van der Waals surface area (Å²) in [6.45, 7) is 0. The summed E-state index contributed by atoms with van der Waals surface area (Å²) >= 11 is 0. The lowest BCUT2D eigenvalue weighted by Gasteiger charge is -2.09. The smallest absolute Gasteiger partial charge is 0.0926 e. The minimum Gasteiger partial charge on any atom is -0.186 e. The molecule has 2 aliphatic carbocycles. The van der Waals surface area contributed by atoms with Crippen molar-refractivity contribution in [3.05, 3.63) is 48.6 Å². The third kappa shape index (κ3) is 2.52. The molecule has 72 valence electrons. The number of allylic oxidation sites excluding steroid dienone is 4. The van der Waals surface area contributed by atoms with Gasteiger partial charge in [-0.2, -0.15) is 10.2 Å². The van der Waals surface area contributed by atoms with E-state index in [4.69, 9.17) is 0 Å². The lowest BCUT2D eigenvalue weighted by molar-refractivity contribution is 0.682. The van der Waals surface area contributed by atoms with Crippen LogP contribution in [-0.4, -0.2) is 12.1 Å². The summed E-state index contributed by atoms with van der Waals surface area (Å²) < 4.78 is 0. The van der Waals surface area contributed by atoms with Crippen molar-refractivity contribution in [1.82, 2.24) is 0 Å². The molecule has 14 heavy (non-hydrogen) atoms. The van der Waals surface area contributed by atoms with Gasteiger partial charge < -0.3 is 0 Å². The molecule has 2 atom stereocenters. The van der Waals surface area contributed by atoms with E-state index in [1.165, 1.54) is 0 Å². The molecule has 0 saturated carbocycles. The van der Waals surface area contributed by atoms with Gasteiger partial charge in [0.2, 0.25) is 0 Å². The van der Waals surface area contributed by atoms with E-state index >= 15 is 0 Å². The van der Waals surface area contributed by atoms with Gasteiger partial charge >= 0.3 is 0 Å². The molecule has 0 N–H and O–H groups in total. The lowest BCUT2D eigenvalue weighted by atomic mass is 10.1. The Bertz CT molecular complexity index is 289. The average Bonchev–Trinajstić information content (AvgIpc) is 2.29. The molecule has 0 aliphatic heterocycles. The number of azo groups is 1. The summed E-state index contributed by atoms with van der Waals surface area (Å²) in [4.78, 5) is 0. The molecule has 0 heterocycles. The molecule has 0 amide bonds. The third-order valence-corrected chi connectivity index (χ3v) is 2.28. The van der Waals surface area contributed by atoms with Crippen molar-refractivity contribution in [1.29, 1.82) is 0 Å². The first kappa shape index (κ1) is 9.13. The van der Waals surface area contributed by atoms with E-state index in [0.29, 0.717) is 0 Å². The van der Waals surface area contributed by atoms with E-state index in [2.05, 4.69) is 46.7 Å². The predicted octanol–water partition coefficient (Wildman–Crippen LogP) is 3.21. The zero-order valence-corrected chi connectivity index (χ0v) is 8.08. The summed E-state index contributed by atoms with van der Waals surface area (Å²) in [5, 5.41) is 8.62. The van der Waals surface area contributed by atoms with E-state index in [-0.39, 0.29) is 12.1 Å². The van der Waals surface area contributed by atoms with Gasteiger partial charge in [-0.3, -0.25) is 0 Å². The summed E-state index contributed by atoms with van der Waals surface area (Å²) in [7, 11) is 0. The average molecular weight is 186 g/mol. The Morgan fingerprint density at radius 2 is 1.21 bits per heavy atom. The van der Waals surface area contributed by atoms with Gasteiger partial charge in [-0.1, -0.05) is 48.6 Å². The number of hydrogen-bond acceptors (Lipinski definition) is 2. The third-order valence-electron chi connectivity index (χ3n) is 2.28. The Hall–Kier alpha value is -1.44. The van der Waals surface area contributed by atoms with Crippen LogP contribution in [0.4, 0.5) is 0 Å². The molecule has 0 saturated heterocycles. The number of nitrogens with zero attached hydrogens (tertiary/aromatic N) is 2. The minimum atomic E-state index is 0.249. The lowest BCUT2D eigenvalue weighted by Crippen LogP contribution is -2.04. The molecule has 2 nitrogen and oxygen atoms in total. The van der Waals surface area contributed by atoms with Crippen molar-refractivity contribution in [2.24, 2.45) is 10.2 Å². The molecule has 0 aromatic rings. The SMILES string of the molecule is C1=CCC(N=NC2C=CC=CC2)C=C1. The molecule has 0 fully saturated rings. The Labute approximate surface area is 84.4 Å². The van der Waals surface area contributed by atoms with Crippen LogP contribution in [0.1, 0.15) is 12.8 Å². The molecular formula is C12H14N2. The van der Waals surface area contributed by atoms with Gasteiger partial charge in [-0.25, -0.2) is 0 Å². The highest BCUT2D eigenvalue weighted by Gasteiger charge is 2.05. The van der Waals surface area contributed by atoms with E-state index in [1.807, 2.05) is 12.2 Å². The molecule has 2 rings (SSSR count). The number of rotatable bonds is 2. The molecular weight excluding hydrogens is 172 g/mol. The quantitative estimate of drug-likeness (QED) is 0.592. The highest BCUT2D eigenvalue weighted by Crippen LogP contribution is 2.12. The summed E-state index contributed by atoms with van der Waals surface area (Å²) in [5.41, 5.74) is 0. The summed E-state index contributed by atoms with van der Waals surface area (Å²) in [5.74, 6) is 0. The van der Waals surface area contributed by atoms with Crippen molar-refractivity contribution in [2.75, 3.05) is 0 Å². The van der Waals surface area contributed by atoms with E-state index < -0.39 is 0 Å². The van der Waals surface area contributed by atoms with Crippen molar-refractivity contribution in [3.8, 4) is 0 Å². The van der Waals surface area contributed by atoms with Gasteiger partial charge in [0.1, 0.15) is 0 Å². The van der Waals surface area contributed by atoms with Crippen molar-refractivity contribution >= 4 is 0 Å².